The quantitative estimate of drug-likeness (QED) is 0.567. The standard InChI is InChI=1S/C20H14N4/c1-3-11-21-17(5-1)19-9-7-15(13-23-19)16-8-10-20(24-14-16)18-6-2-4-12-22-18/h1-14H. The molecule has 0 fully saturated rings. The normalized spacial score (nSPS) is 10.5. The van der Waals surface area contributed by atoms with Gasteiger partial charge in [-0.3, -0.25) is 19.9 Å². The second-order valence-corrected chi connectivity index (χ2v) is 5.29. The van der Waals surface area contributed by atoms with Gasteiger partial charge in [0, 0.05) is 35.9 Å². The van der Waals surface area contributed by atoms with Crippen molar-refractivity contribution >= 4 is 0 Å². The predicted molar refractivity (Wildman–Crippen MR) is 93.9 cm³/mol. The lowest BCUT2D eigenvalue weighted by atomic mass is 10.1. The van der Waals surface area contributed by atoms with E-state index in [0.29, 0.717) is 0 Å². The van der Waals surface area contributed by atoms with Crippen molar-refractivity contribution in [3.8, 4) is 33.9 Å². The molecule has 24 heavy (non-hydrogen) atoms. The summed E-state index contributed by atoms with van der Waals surface area (Å²) in [5, 5.41) is 0. The molecule has 4 nitrogen and oxygen atoms in total. The van der Waals surface area contributed by atoms with Gasteiger partial charge in [-0.15, -0.1) is 0 Å². The molecule has 114 valence electrons. The van der Waals surface area contributed by atoms with Crippen LogP contribution in [0.2, 0.25) is 0 Å². The van der Waals surface area contributed by atoms with E-state index in [9.17, 15) is 0 Å². The highest BCUT2D eigenvalue weighted by molar-refractivity contribution is 5.66. The fraction of sp³-hybridized carbons (Fsp3) is 0. The Labute approximate surface area is 139 Å². The van der Waals surface area contributed by atoms with Gasteiger partial charge in [0.1, 0.15) is 0 Å². The molecule has 0 aliphatic rings. The molecule has 0 radical (unpaired) electrons. The first-order valence-corrected chi connectivity index (χ1v) is 7.65. The Bertz CT molecular complexity index is 838. The second kappa shape index (κ2) is 6.38. The van der Waals surface area contributed by atoms with Crippen LogP contribution in [-0.2, 0) is 0 Å². The van der Waals surface area contributed by atoms with Gasteiger partial charge in [0.25, 0.3) is 0 Å². The third kappa shape index (κ3) is 2.90. The molecule has 4 heteroatoms. The topological polar surface area (TPSA) is 51.6 Å². The Morgan fingerprint density at radius 1 is 0.417 bits per heavy atom. The highest BCUT2D eigenvalue weighted by Crippen LogP contribution is 2.23. The Morgan fingerprint density at radius 3 is 1.21 bits per heavy atom. The Kier molecular flexibility index (Phi) is 3.78. The van der Waals surface area contributed by atoms with Crippen molar-refractivity contribution < 1.29 is 0 Å². The third-order valence-corrected chi connectivity index (χ3v) is 3.71. The van der Waals surface area contributed by atoms with Crippen LogP contribution in [0.25, 0.3) is 33.9 Å². The van der Waals surface area contributed by atoms with E-state index in [1.165, 1.54) is 0 Å². The number of rotatable bonds is 3. The van der Waals surface area contributed by atoms with E-state index >= 15 is 0 Å². The van der Waals surface area contributed by atoms with E-state index < -0.39 is 0 Å². The van der Waals surface area contributed by atoms with E-state index in [0.717, 1.165) is 33.9 Å². The SMILES string of the molecule is c1ccc(-c2ccc(-c3ccc(-c4ccccn4)nc3)cn2)nc1. The van der Waals surface area contributed by atoms with E-state index in [-0.39, 0.29) is 0 Å². The largest absolute Gasteiger partial charge is 0.255 e. The lowest BCUT2D eigenvalue weighted by molar-refractivity contribution is 1.23. The molecule has 4 rings (SSSR count). The molecule has 4 aromatic rings. The maximum absolute atomic E-state index is 4.50. The summed E-state index contributed by atoms with van der Waals surface area (Å²) in [4.78, 5) is 17.6. The summed E-state index contributed by atoms with van der Waals surface area (Å²) in [5.41, 5.74) is 5.50. The molecule has 0 aliphatic heterocycles. The molecule has 0 amide bonds. The van der Waals surface area contributed by atoms with Gasteiger partial charge in [0.05, 0.1) is 22.8 Å². The van der Waals surface area contributed by atoms with Crippen molar-refractivity contribution in [1.29, 1.82) is 0 Å². The van der Waals surface area contributed by atoms with Gasteiger partial charge in [0.2, 0.25) is 0 Å². The minimum Gasteiger partial charge on any atom is -0.255 e. The van der Waals surface area contributed by atoms with Crippen LogP contribution >= 0.6 is 0 Å². The van der Waals surface area contributed by atoms with Crippen LogP contribution in [0.3, 0.4) is 0 Å². The van der Waals surface area contributed by atoms with Gasteiger partial charge >= 0.3 is 0 Å². The van der Waals surface area contributed by atoms with Gasteiger partial charge < -0.3 is 0 Å². The molecule has 0 N–H and O–H groups in total. The van der Waals surface area contributed by atoms with Gasteiger partial charge in [-0.1, -0.05) is 24.3 Å². The Balaban J connectivity index is 1.60. The van der Waals surface area contributed by atoms with Gasteiger partial charge in [-0.2, -0.15) is 0 Å². The zero-order valence-electron chi connectivity index (χ0n) is 12.9. The van der Waals surface area contributed by atoms with Crippen LogP contribution in [0, 0.1) is 0 Å². The van der Waals surface area contributed by atoms with Gasteiger partial charge in [-0.25, -0.2) is 0 Å². The number of hydrogen-bond acceptors (Lipinski definition) is 4. The lowest BCUT2D eigenvalue weighted by Gasteiger charge is -2.05. The first kappa shape index (κ1) is 14.2. The highest BCUT2D eigenvalue weighted by Gasteiger charge is 2.04. The molecular weight excluding hydrogens is 296 g/mol. The fourth-order valence-electron chi connectivity index (χ4n) is 2.46. The summed E-state index contributed by atoms with van der Waals surface area (Å²) >= 11 is 0. The maximum Gasteiger partial charge on any atom is 0.0886 e. The third-order valence-electron chi connectivity index (χ3n) is 3.71. The monoisotopic (exact) mass is 310 g/mol. The van der Waals surface area contributed by atoms with Crippen LogP contribution in [0.5, 0.6) is 0 Å². The zero-order chi connectivity index (χ0) is 16.2. The molecule has 4 heterocycles. The van der Waals surface area contributed by atoms with Crippen molar-refractivity contribution in [1.82, 2.24) is 19.9 Å². The molecule has 0 aliphatic carbocycles. The van der Waals surface area contributed by atoms with Crippen LogP contribution in [-0.4, -0.2) is 19.9 Å². The van der Waals surface area contributed by atoms with Crippen molar-refractivity contribution in [2.45, 2.75) is 0 Å². The average molecular weight is 310 g/mol. The fourth-order valence-corrected chi connectivity index (χ4v) is 2.46. The van der Waals surface area contributed by atoms with E-state index in [1.807, 2.05) is 73.1 Å². The van der Waals surface area contributed by atoms with Gasteiger partial charge in [-0.05, 0) is 36.4 Å². The van der Waals surface area contributed by atoms with Crippen LogP contribution in [0.15, 0.2) is 85.5 Å². The minimum absolute atomic E-state index is 0.859. The van der Waals surface area contributed by atoms with Crippen molar-refractivity contribution in [2.75, 3.05) is 0 Å². The zero-order valence-corrected chi connectivity index (χ0v) is 12.9. The smallest absolute Gasteiger partial charge is 0.0886 e. The highest BCUT2D eigenvalue weighted by atomic mass is 14.8. The molecular formula is C20H14N4. The van der Waals surface area contributed by atoms with E-state index in [4.69, 9.17) is 0 Å². The maximum atomic E-state index is 4.50. The molecule has 4 aromatic heterocycles. The molecule has 0 spiro atoms. The molecule has 0 unspecified atom stereocenters. The van der Waals surface area contributed by atoms with Crippen LogP contribution in [0.1, 0.15) is 0 Å². The molecule has 0 aromatic carbocycles. The van der Waals surface area contributed by atoms with Crippen molar-refractivity contribution in [2.24, 2.45) is 0 Å². The van der Waals surface area contributed by atoms with E-state index in [1.54, 1.807) is 12.4 Å². The molecule has 0 atom stereocenters. The predicted octanol–water partition coefficient (Wildman–Crippen LogP) is 4.27. The minimum atomic E-state index is 0.859. The summed E-state index contributed by atoms with van der Waals surface area (Å²) in [7, 11) is 0. The van der Waals surface area contributed by atoms with Crippen molar-refractivity contribution in [3.63, 3.8) is 0 Å². The first-order chi connectivity index (χ1) is 11.9. The Morgan fingerprint density at radius 2 is 0.875 bits per heavy atom. The summed E-state index contributed by atoms with van der Waals surface area (Å²) < 4.78 is 0. The summed E-state index contributed by atoms with van der Waals surface area (Å²) in [6, 6.07) is 19.6. The summed E-state index contributed by atoms with van der Waals surface area (Å²) in [5.74, 6) is 0. The second-order valence-electron chi connectivity index (χ2n) is 5.29. The number of pyridine rings is 4. The number of aromatic nitrogens is 4. The number of nitrogens with zero attached hydrogens (tertiary/aromatic N) is 4. The molecule has 0 bridgehead atoms. The van der Waals surface area contributed by atoms with Crippen LogP contribution in [0.4, 0.5) is 0 Å². The lowest BCUT2D eigenvalue weighted by Crippen LogP contribution is -1.89. The van der Waals surface area contributed by atoms with E-state index in [2.05, 4.69) is 19.9 Å². The van der Waals surface area contributed by atoms with Crippen LogP contribution < -0.4 is 0 Å². The average Bonchev–Trinajstić information content (AvgIpc) is 2.70. The Hall–Kier alpha value is -3.40. The van der Waals surface area contributed by atoms with Crippen molar-refractivity contribution in [3.05, 3.63) is 85.5 Å². The van der Waals surface area contributed by atoms with Gasteiger partial charge in [0.15, 0.2) is 0 Å². The summed E-state index contributed by atoms with van der Waals surface area (Å²) in [6.45, 7) is 0. The number of hydrogen-bond donors (Lipinski definition) is 0. The molecule has 0 saturated carbocycles. The first-order valence-electron chi connectivity index (χ1n) is 7.65. The summed E-state index contributed by atoms with van der Waals surface area (Å²) in [6.07, 6.45) is 7.24. The molecule has 0 saturated heterocycles.